The number of ether oxygens (including phenoxy) is 1. The van der Waals surface area contributed by atoms with Crippen LogP contribution in [0.15, 0.2) is 52.6 Å². The van der Waals surface area contributed by atoms with Crippen LogP contribution in [0.2, 0.25) is 0 Å². The van der Waals surface area contributed by atoms with Crippen LogP contribution >= 0.6 is 0 Å². The summed E-state index contributed by atoms with van der Waals surface area (Å²) in [6, 6.07) is 6.70. The first-order valence-electron chi connectivity index (χ1n) is 8.15. The molecule has 9 nitrogen and oxygen atoms in total. The van der Waals surface area contributed by atoms with E-state index in [1.165, 1.54) is 6.08 Å². The zero-order valence-corrected chi connectivity index (χ0v) is 15.1. The summed E-state index contributed by atoms with van der Waals surface area (Å²) in [6.45, 7) is 0.307. The van der Waals surface area contributed by atoms with Gasteiger partial charge in [0.2, 0.25) is 5.91 Å². The summed E-state index contributed by atoms with van der Waals surface area (Å²) < 4.78 is 32.8. The molecule has 10 heteroatoms. The van der Waals surface area contributed by atoms with Gasteiger partial charge in [0.05, 0.1) is 30.0 Å². The van der Waals surface area contributed by atoms with Crippen LogP contribution < -0.4 is 15.8 Å². The minimum Gasteiger partial charge on any atom is -0.491 e. The molecule has 2 aliphatic heterocycles. The number of benzene rings is 1. The second-order valence-corrected chi connectivity index (χ2v) is 7.59. The Balaban J connectivity index is 1.79. The number of anilines is 1. The summed E-state index contributed by atoms with van der Waals surface area (Å²) in [5.74, 6) is -0.660. The van der Waals surface area contributed by atoms with Crippen molar-refractivity contribution in [3.8, 4) is 5.75 Å². The van der Waals surface area contributed by atoms with Gasteiger partial charge in [-0.1, -0.05) is 12.1 Å². The topological polar surface area (TPSA) is 131 Å². The second-order valence-electron chi connectivity index (χ2n) is 5.83. The molecule has 1 aromatic carbocycles. The van der Waals surface area contributed by atoms with Crippen molar-refractivity contribution in [2.45, 2.75) is 6.42 Å². The van der Waals surface area contributed by atoms with Crippen molar-refractivity contribution in [1.82, 2.24) is 4.90 Å². The van der Waals surface area contributed by atoms with Crippen LogP contribution in [0.3, 0.4) is 0 Å². The molecule has 2 heterocycles. The monoisotopic (exact) mass is 390 g/mol. The second kappa shape index (κ2) is 7.62. The molecule has 2 aliphatic rings. The molecule has 0 fully saturated rings. The molecule has 0 saturated heterocycles. The minimum atomic E-state index is -3.60. The van der Waals surface area contributed by atoms with E-state index in [1.807, 2.05) is 0 Å². The van der Waals surface area contributed by atoms with E-state index in [4.69, 9.17) is 10.5 Å². The molecule has 142 valence electrons. The van der Waals surface area contributed by atoms with Crippen molar-refractivity contribution in [1.29, 1.82) is 0 Å². The Morgan fingerprint density at radius 3 is 2.85 bits per heavy atom. The molecule has 0 spiro atoms. The highest BCUT2D eigenvalue weighted by Crippen LogP contribution is 2.26. The summed E-state index contributed by atoms with van der Waals surface area (Å²) >= 11 is 0. The average Bonchev–Trinajstić information content (AvgIpc) is 2.61. The van der Waals surface area contributed by atoms with Gasteiger partial charge in [0, 0.05) is 12.7 Å². The van der Waals surface area contributed by atoms with E-state index in [2.05, 4.69) is 9.71 Å². The molecule has 27 heavy (non-hydrogen) atoms. The van der Waals surface area contributed by atoms with E-state index < -0.39 is 21.8 Å². The van der Waals surface area contributed by atoms with Crippen molar-refractivity contribution in [2.75, 3.05) is 24.2 Å². The minimum absolute atomic E-state index is 0.0435. The molecule has 0 unspecified atom stereocenters. The van der Waals surface area contributed by atoms with Crippen molar-refractivity contribution in [2.24, 2.45) is 10.1 Å². The number of carbonyl (C=O) groups excluding carboxylic acids is 2. The van der Waals surface area contributed by atoms with Crippen molar-refractivity contribution >= 4 is 33.4 Å². The predicted octanol–water partition coefficient (Wildman–Crippen LogP) is 0.377. The normalized spacial score (nSPS) is 17.4. The summed E-state index contributed by atoms with van der Waals surface area (Å²) in [5, 5.41) is 2.69. The van der Waals surface area contributed by atoms with Crippen LogP contribution in [0, 0.1) is 0 Å². The van der Waals surface area contributed by atoms with Crippen molar-refractivity contribution < 1.29 is 22.7 Å². The lowest BCUT2D eigenvalue weighted by Gasteiger charge is -2.28. The smallest absolute Gasteiger partial charge is 0.259 e. The van der Waals surface area contributed by atoms with Gasteiger partial charge in [-0.3, -0.25) is 9.59 Å². The number of hydrogen-bond donors (Lipinski definition) is 2. The zero-order valence-electron chi connectivity index (χ0n) is 14.3. The maximum Gasteiger partial charge on any atom is 0.259 e. The number of sulfonamides is 1. The van der Waals surface area contributed by atoms with Gasteiger partial charge in [-0.15, -0.1) is 4.40 Å². The van der Waals surface area contributed by atoms with Crippen LogP contribution in [0.4, 0.5) is 5.69 Å². The van der Waals surface area contributed by atoms with Gasteiger partial charge in [0.25, 0.3) is 15.9 Å². The Bertz CT molecular complexity index is 965. The van der Waals surface area contributed by atoms with E-state index in [0.29, 0.717) is 11.4 Å². The highest BCUT2D eigenvalue weighted by atomic mass is 32.2. The van der Waals surface area contributed by atoms with E-state index in [9.17, 15) is 18.0 Å². The third-order valence-electron chi connectivity index (χ3n) is 3.84. The Morgan fingerprint density at radius 2 is 2.07 bits per heavy atom. The van der Waals surface area contributed by atoms with Crippen LogP contribution in [0.1, 0.15) is 6.42 Å². The van der Waals surface area contributed by atoms with Gasteiger partial charge in [0.15, 0.2) is 5.84 Å². The number of nitrogens with zero attached hydrogens (tertiary/aromatic N) is 2. The number of nitrogens with two attached hydrogens (primary N) is 1. The Morgan fingerprint density at radius 1 is 1.30 bits per heavy atom. The Hall–Kier alpha value is -3.14. The van der Waals surface area contributed by atoms with Gasteiger partial charge in [-0.05, 0) is 24.3 Å². The number of nitrogens with one attached hydrogen (secondary N) is 1. The lowest BCUT2D eigenvalue weighted by molar-refractivity contribution is -0.118. The van der Waals surface area contributed by atoms with Gasteiger partial charge in [0.1, 0.15) is 5.75 Å². The van der Waals surface area contributed by atoms with Crippen LogP contribution in [-0.2, 0) is 19.6 Å². The molecule has 3 rings (SSSR count). The SMILES string of the molecule is NC(=O)CCOc1ccccc1NC(=O)C1=CC=CN2CCS(=O)(=O)N=C12. The molecule has 0 aromatic heterocycles. The number of carbonyl (C=O) groups is 2. The first kappa shape index (κ1) is 18.6. The number of hydrogen-bond acceptors (Lipinski definition) is 6. The van der Waals surface area contributed by atoms with Gasteiger partial charge in [-0.2, -0.15) is 0 Å². The number of fused-ring (bicyclic) bond motifs is 1. The summed E-state index contributed by atoms with van der Waals surface area (Å²) in [7, 11) is -3.60. The average molecular weight is 390 g/mol. The fourth-order valence-electron chi connectivity index (χ4n) is 2.54. The third-order valence-corrected chi connectivity index (χ3v) is 4.99. The number of primary amides is 1. The first-order valence-corrected chi connectivity index (χ1v) is 9.76. The van der Waals surface area contributed by atoms with Crippen LogP contribution in [0.25, 0.3) is 0 Å². The summed E-state index contributed by atoms with van der Waals surface area (Å²) in [5.41, 5.74) is 5.60. The number of rotatable bonds is 6. The fourth-order valence-corrected chi connectivity index (χ4v) is 3.53. The van der Waals surface area contributed by atoms with Crippen LogP contribution in [-0.4, -0.2) is 49.9 Å². The molecular weight excluding hydrogens is 372 g/mol. The van der Waals surface area contributed by atoms with Crippen molar-refractivity contribution in [3.63, 3.8) is 0 Å². The van der Waals surface area contributed by atoms with Crippen molar-refractivity contribution in [3.05, 3.63) is 48.2 Å². The molecule has 2 amide bonds. The lowest BCUT2D eigenvalue weighted by atomic mass is 10.1. The number of amidine groups is 1. The summed E-state index contributed by atoms with van der Waals surface area (Å²) in [4.78, 5) is 25.2. The first-order chi connectivity index (χ1) is 12.9. The molecule has 0 bridgehead atoms. The van der Waals surface area contributed by atoms with E-state index >= 15 is 0 Å². The van der Waals surface area contributed by atoms with Gasteiger partial charge in [-0.25, -0.2) is 8.42 Å². The molecular formula is C17H18N4O5S. The Labute approximate surface area is 156 Å². The highest BCUT2D eigenvalue weighted by Gasteiger charge is 2.30. The van der Waals surface area contributed by atoms with Gasteiger partial charge >= 0.3 is 0 Å². The molecule has 0 saturated carbocycles. The van der Waals surface area contributed by atoms with Gasteiger partial charge < -0.3 is 20.7 Å². The molecule has 0 radical (unpaired) electrons. The zero-order chi connectivity index (χ0) is 19.4. The number of para-hydroxylation sites is 2. The highest BCUT2D eigenvalue weighted by molar-refractivity contribution is 7.90. The summed E-state index contributed by atoms with van der Waals surface area (Å²) in [6.07, 6.45) is 4.87. The standard InChI is InChI=1S/C17H18N4O5S/c18-15(22)7-10-26-14-6-2-1-5-13(14)19-17(23)12-4-3-8-21-9-11-27(24,25)20-16(12)21/h1-6,8H,7,9-11H2,(H2,18,22)(H,19,23). The molecule has 0 aliphatic carbocycles. The van der Waals surface area contributed by atoms with E-state index in [-0.39, 0.29) is 36.7 Å². The van der Waals surface area contributed by atoms with Crippen LogP contribution in [0.5, 0.6) is 5.75 Å². The lowest BCUT2D eigenvalue weighted by Crippen LogP contribution is -2.40. The molecule has 3 N–H and O–H groups in total. The largest absolute Gasteiger partial charge is 0.491 e. The van der Waals surface area contributed by atoms with E-state index in [1.54, 1.807) is 41.4 Å². The predicted molar refractivity (Wildman–Crippen MR) is 99.5 cm³/mol. The molecule has 1 aromatic rings. The maximum atomic E-state index is 12.7. The molecule has 0 atom stereocenters. The maximum absolute atomic E-state index is 12.7. The number of amides is 2. The fraction of sp³-hybridized carbons (Fsp3) is 0.235. The number of allylic oxidation sites excluding steroid dienone is 2. The Kier molecular flexibility index (Phi) is 5.26. The quantitative estimate of drug-likeness (QED) is 0.722. The van der Waals surface area contributed by atoms with E-state index in [0.717, 1.165) is 0 Å². The third kappa shape index (κ3) is 4.53.